The number of aromatic nitrogens is 1. The van der Waals surface area contributed by atoms with Gasteiger partial charge in [0, 0.05) is 10.9 Å². The highest BCUT2D eigenvalue weighted by atomic mass is 16.6. The molecular weight excluding hydrogens is 360 g/mol. The van der Waals surface area contributed by atoms with Crippen molar-refractivity contribution < 1.29 is 9.57 Å². The van der Waals surface area contributed by atoms with Crippen LogP contribution in [-0.4, -0.2) is 4.98 Å². The van der Waals surface area contributed by atoms with Gasteiger partial charge in [-0.1, -0.05) is 62.6 Å². The largest absolute Gasteiger partial charge is 0.487 e. The molecule has 1 fully saturated rings. The molecule has 0 saturated heterocycles. The van der Waals surface area contributed by atoms with Gasteiger partial charge in [0.2, 0.25) is 0 Å². The summed E-state index contributed by atoms with van der Waals surface area (Å²) in [6, 6.07) is 18.6. The predicted octanol–water partition coefficient (Wildman–Crippen LogP) is 6.20. The average Bonchev–Trinajstić information content (AvgIpc) is 2.79. The number of ether oxygens (including phenoxy) is 1. The Kier molecular flexibility index (Phi) is 6.43. The molecule has 0 amide bonds. The highest BCUT2D eigenvalue weighted by molar-refractivity contribution is 5.78. The third-order valence-corrected chi connectivity index (χ3v) is 6.03. The van der Waals surface area contributed by atoms with E-state index in [0.29, 0.717) is 12.5 Å². The van der Waals surface area contributed by atoms with E-state index in [0.717, 1.165) is 28.8 Å². The summed E-state index contributed by atoms with van der Waals surface area (Å²) in [5.41, 5.74) is 4.39. The van der Waals surface area contributed by atoms with Crippen molar-refractivity contribution in [1.29, 1.82) is 0 Å². The maximum atomic E-state index is 6.35. The topological polar surface area (TPSA) is 57.4 Å². The summed E-state index contributed by atoms with van der Waals surface area (Å²) in [7, 11) is 0. The SMILES string of the molecule is CCC(ON)c1cccc(OCc2ccc3ccccc3n2)c1C1CCCCC1. The molecule has 4 rings (SSSR count). The summed E-state index contributed by atoms with van der Waals surface area (Å²) in [6.07, 6.45) is 6.99. The van der Waals surface area contributed by atoms with Gasteiger partial charge in [0.25, 0.3) is 0 Å². The molecule has 1 heterocycles. The lowest BCUT2D eigenvalue weighted by atomic mass is 9.80. The summed E-state index contributed by atoms with van der Waals surface area (Å²) in [4.78, 5) is 10.1. The van der Waals surface area contributed by atoms with Gasteiger partial charge in [0.1, 0.15) is 18.5 Å². The van der Waals surface area contributed by atoms with Gasteiger partial charge in [-0.15, -0.1) is 0 Å². The van der Waals surface area contributed by atoms with E-state index >= 15 is 0 Å². The molecule has 0 spiro atoms. The Morgan fingerprint density at radius 3 is 2.62 bits per heavy atom. The number of pyridine rings is 1. The zero-order chi connectivity index (χ0) is 20.1. The fourth-order valence-electron chi connectivity index (χ4n) is 4.53. The zero-order valence-corrected chi connectivity index (χ0v) is 17.1. The molecule has 2 N–H and O–H groups in total. The van der Waals surface area contributed by atoms with E-state index in [2.05, 4.69) is 31.2 Å². The first-order valence-electron chi connectivity index (χ1n) is 10.8. The molecule has 3 aromatic rings. The third-order valence-electron chi connectivity index (χ3n) is 6.03. The number of nitrogens with two attached hydrogens (primary N) is 1. The Labute approximate surface area is 173 Å². The Bertz CT molecular complexity index is 946. The molecule has 0 bridgehead atoms. The molecule has 1 aromatic heterocycles. The Morgan fingerprint density at radius 1 is 1.00 bits per heavy atom. The van der Waals surface area contributed by atoms with Gasteiger partial charge < -0.3 is 4.74 Å². The van der Waals surface area contributed by atoms with Crippen molar-refractivity contribution >= 4 is 10.9 Å². The van der Waals surface area contributed by atoms with Crippen LogP contribution < -0.4 is 10.6 Å². The number of benzene rings is 2. The van der Waals surface area contributed by atoms with Crippen LogP contribution in [0.4, 0.5) is 0 Å². The summed E-state index contributed by atoms with van der Waals surface area (Å²) in [5, 5.41) is 1.15. The van der Waals surface area contributed by atoms with Gasteiger partial charge >= 0.3 is 0 Å². The van der Waals surface area contributed by atoms with E-state index in [1.807, 2.05) is 30.3 Å². The first-order valence-corrected chi connectivity index (χ1v) is 10.8. The zero-order valence-electron chi connectivity index (χ0n) is 17.1. The normalized spacial score (nSPS) is 16.1. The average molecular weight is 391 g/mol. The minimum absolute atomic E-state index is 0.103. The van der Waals surface area contributed by atoms with Crippen molar-refractivity contribution in [3.8, 4) is 5.75 Å². The van der Waals surface area contributed by atoms with Crippen molar-refractivity contribution in [2.24, 2.45) is 5.90 Å². The first kappa shape index (κ1) is 19.9. The highest BCUT2D eigenvalue weighted by Crippen LogP contribution is 2.42. The lowest BCUT2D eigenvalue weighted by molar-refractivity contribution is 0.0487. The predicted molar refractivity (Wildman–Crippen MR) is 117 cm³/mol. The van der Waals surface area contributed by atoms with Crippen molar-refractivity contribution in [2.45, 2.75) is 64.1 Å². The van der Waals surface area contributed by atoms with Crippen molar-refractivity contribution in [3.63, 3.8) is 0 Å². The number of fused-ring (bicyclic) bond motifs is 1. The van der Waals surface area contributed by atoms with Gasteiger partial charge in [0.15, 0.2) is 0 Å². The summed E-state index contributed by atoms with van der Waals surface area (Å²) >= 11 is 0. The van der Waals surface area contributed by atoms with Crippen LogP contribution in [0.5, 0.6) is 5.75 Å². The van der Waals surface area contributed by atoms with Gasteiger partial charge in [-0.3, -0.25) is 4.84 Å². The van der Waals surface area contributed by atoms with E-state index in [1.54, 1.807) is 0 Å². The molecule has 2 aromatic carbocycles. The van der Waals surface area contributed by atoms with E-state index in [9.17, 15) is 0 Å². The third kappa shape index (κ3) is 4.44. The quantitative estimate of drug-likeness (QED) is 0.488. The first-order chi connectivity index (χ1) is 14.3. The minimum atomic E-state index is -0.103. The lowest BCUT2D eigenvalue weighted by Crippen LogP contribution is -2.15. The molecule has 29 heavy (non-hydrogen) atoms. The summed E-state index contributed by atoms with van der Waals surface area (Å²) in [5.74, 6) is 7.08. The Balaban J connectivity index is 1.63. The van der Waals surface area contributed by atoms with Crippen LogP contribution in [0, 0.1) is 0 Å². The minimum Gasteiger partial charge on any atom is -0.487 e. The number of hydrogen-bond acceptors (Lipinski definition) is 4. The van der Waals surface area contributed by atoms with Crippen LogP contribution in [-0.2, 0) is 11.4 Å². The van der Waals surface area contributed by atoms with Crippen molar-refractivity contribution in [2.75, 3.05) is 0 Å². The van der Waals surface area contributed by atoms with E-state index < -0.39 is 0 Å². The Morgan fingerprint density at radius 2 is 1.83 bits per heavy atom. The van der Waals surface area contributed by atoms with E-state index in [1.165, 1.54) is 43.2 Å². The maximum Gasteiger partial charge on any atom is 0.130 e. The van der Waals surface area contributed by atoms with E-state index in [4.69, 9.17) is 20.5 Å². The molecule has 1 saturated carbocycles. The number of nitrogens with zero attached hydrogens (tertiary/aromatic N) is 1. The molecule has 1 aliphatic rings. The van der Waals surface area contributed by atoms with Crippen LogP contribution in [0.1, 0.15) is 74.3 Å². The van der Waals surface area contributed by atoms with Crippen LogP contribution in [0.3, 0.4) is 0 Å². The fourth-order valence-corrected chi connectivity index (χ4v) is 4.53. The van der Waals surface area contributed by atoms with Crippen LogP contribution in [0.25, 0.3) is 10.9 Å². The van der Waals surface area contributed by atoms with Gasteiger partial charge in [-0.25, -0.2) is 10.9 Å². The van der Waals surface area contributed by atoms with Gasteiger partial charge in [0.05, 0.1) is 11.2 Å². The van der Waals surface area contributed by atoms with Crippen LogP contribution in [0.2, 0.25) is 0 Å². The maximum absolute atomic E-state index is 6.35. The molecule has 1 atom stereocenters. The second kappa shape index (κ2) is 9.38. The lowest BCUT2D eigenvalue weighted by Gasteiger charge is -2.28. The van der Waals surface area contributed by atoms with Crippen LogP contribution >= 0.6 is 0 Å². The number of rotatable bonds is 7. The standard InChI is InChI=1S/C25H30N2O2/c1-2-23(29-26)21-12-8-14-24(25(21)19-10-4-3-5-11-19)28-17-20-16-15-18-9-6-7-13-22(18)27-20/h6-9,12-16,19,23H,2-5,10-11,17,26H2,1H3. The van der Waals surface area contributed by atoms with Crippen molar-refractivity contribution in [3.05, 3.63) is 71.4 Å². The van der Waals surface area contributed by atoms with Gasteiger partial charge in [-0.2, -0.15) is 0 Å². The molecule has 0 aliphatic heterocycles. The van der Waals surface area contributed by atoms with Crippen molar-refractivity contribution in [1.82, 2.24) is 4.98 Å². The number of hydrogen-bond donors (Lipinski definition) is 1. The molecule has 1 aliphatic carbocycles. The number of para-hydroxylation sites is 1. The fraction of sp³-hybridized carbons (Fsp3) is 0.400. The highest BCUT2D eigenvalue weighted by Gasteiger charge is 2.25. The van der Waals surface area contributed by atoms with Gasteiger partial charge in [-0.05, 0) is 48.9 Å². The molecule has 4 nitrogen and oxygen atoms in total. The molecule has 152 valence electrons. The molecular formula is C25H30N2O2. The smallest absolute Gasteiger partial charge is 0.130 e. The van der Waals surface area contributed by atoms with Crippen LogP contribution in [0.15, 0.2) is 54.6 Å². The monoisotopic (exact) mass is 390 g/mol. The molecule has 0 radical (unpaired) electrons. The summed E-state index contributed by atoms with van der Waals surface area (Å²) in [6.45, 7) is 2.56. The van der Waals surface area contributed by atoms with E-state index in [-0.39, 0.29) is 6.10 Å². The molecule has 4 heteroatoms. The Hall–Kier alpha value is -2.43. The second-order valence-corrected chi connectivity index (χ2v) is 7.91. The second-order valence-electron chi connectivity index (χ2n) is 7.91. The summed E-state index contributed by atoms with van der Waals surface area (Å²) < 4.78 is 6.35. The molecule has 1 unspecified atom stereocenters.